The summed E-state index contributed by atoms with van der Waals surface area (Å²) in [4.78, 5) is 25.6. The van der Waals surface area contributed by atoms with Crippen molar-refractivity contribution in [1.29, 1.82) is 0 Å². The molecule has 3 aliphatic carbocycles. The van der Waals surface area contributed by atoms with Crippen molar-refractivity contribution < 1.29 is 9.59 Å². The van der Waals surface area contributed by atoms with E-state index in [0.717, 1.165) is 24.7 Å². The minimum atomic E-state index is -0.541. The first kappa shape index (κ1) is 19.3. The maximum Gasteiger partial charge on any atom is 0.232 e. The quantitative estimate of drug-likeness (QED) is 0.681. The molecule has 2 N–H and O–H groups in total. The van der Waals surface area contributed by atoms with E-state index in [1.54, 1.807) is 0 Å². The molecular weight excluding hydrogens is 336 g/mol. The van der Waals surface area contributed by atoms with Crippen molar-refractivity contribution in [1.82, 2.24) is 10.6 Å². The Kier molecular flexibility index (Phi) is 4.44. The third kappa shape index (κ3) is 3.11. The van der Waals surface area contributed by atoms with Crippen LogP contribution in [-0.2, 0) is 9.59 Å². The molecule has 4 nitrogen and oxygen atoms in total. The monoisotopic (exact) mass is 374 g/mol. The predicted molar refractivity (Wildman–Crippen MR) is 107 cm³/mol. The summed E-state index contributed by atoms with van der Waals surface area (Å²) in [7, 11) is 0. The zero-order valence-corrected chi connectivity index (χ0v) is 17.9. The second kappa shape index (κ2) is 6.22. The van der Waals surface area contributed by atoms with Gasteiger partial charge in [0.1, 0.15) is 5.92 Å². The number of hydrogen-bond donors (Lipinski definition) is 2. The molecule has 1 heterocycles. The van der Waals surface area contributed by atoms with Gasteiger partial charge in [0.05, 0.1) is 0 Å². The Morgan fingerprint density at radius 2 is 1.81 bits per heavy atom. The maximum absolute atomic E-state index is 12.9. The van der Waals surface area contributed by atoms with E-state index in [9.17, 15) is 9.59 Å². The molecule has 0 aromatic rings. The Hall–Kier alpha value is -1.06. The number of carbonyl (C=O) groups excluding carboxylic acids is 2. The van der Waals surface area contributed by atoms with Crippen molar-refractivity contribution in [2.75, 3.05) is 0 Å². The van der Waals surface area contributed by atoms with Crippen LogP contribution in [0.2, 0.25) is 0 Å². The van der Waals surface area contributed by atoms with Crippen molar-refractivity contribution in [2.45, 2.75) is 97.6 Å². The number of nitrogens with one attached hydrogen (secondary N) is 2. The van der Waals surface area contributed by atoms with Crippen LogP contribution < -0.4 is 10.6 Å². The van der Waals surface area contributed by atoms with E-state index in [0.29, 0.717) is 11.3 Å². The summed E-state index contributed by atoms with van der Waals surface area (Å²) in [6, 6.07) is 0.246. The largest absolute Gasteiger partial charge is 0.352 e. The van der Waals surface area contributed by atoms with Gasteiger partial charge >= 0.3 is 0 Å². The molecule has 0 aromatic heterocycles. The van der Waals surface area contributed by atoms with E-state index in [4.69, 9.17) is 0 Å². The fraction of sp³-hybridized carbons (Fsp3) is 0.913. The van der Waals surface area contributed by atoms with E-state index in [1.165, 1.54) is 38.5 Å². The molecule has 4 rings (SSSR count). The van der Waals surface area contributed by atoms with Gasteiger partial charge in [-0.3, -0.25) is 9.59 Å². The van der Waals surface area contributed by atoms with Gasteiger partial charge in [-0.2, -0.15) is 0 Å². The van der Waals surface area contributed by atoms with Gasteiger partial charge in [0, 0.05) is 11.6 Å². The summed E-state index contributed by atoms with van der Waals surface area (Å²) in [5, 5.41) is 6.33. The Morgan fingerprint density at radius 3 is 2.52 bits per heavy atom. The van der Waals surface area contributed by atoms with E-state index in [-0.39, 0.29) is 28.8 Å². The van der Waals surface area contributed by atoms with Crippen LogP contribution in [0.25, 0.3) is 0 Å². The number of rotatable bonds is 1. The molecule has 0 radical (unpaired) electrons. The third-order valence-electron chi connectivity index (χ3n) is 8.74. The molecule has 1 saturated heterocycles. The maximum atomic E-state index is 12.9. The van der Waals surface area contributed by atoms with Gasteiger partial charge in [0.15, 0.2) is 0 Å². The number of piperidine rings is 1. The van der Waals surface area contributed by atoms with Gasteiger partial charge < -0.3 is 10.6 Å². The van der Waals surface area contributed by atoms with Crippen LogP contribution in [0.5, 0.6) is 0 Å². The lowest BCUT2D eigenvalue weighted by Crippen LogP contribution is -2.65. The predicted octanol–water partition coefficient (Wildman–Crippen LogP) is 4.04. The van der Waals surface area contributed by atoms with Gasteiger partial charge in [-0.1, -0.05) is 20.3 Å². The topological polar surface area (TPSA) is 58.2 Å². The molecular formula is C23H38N2O2. The van der Waals surface area contributed by atoms with Crippen molar-refractivity contribution >= 4 is 11.8 Å². The molecule has 0 aromatic carbocycles. The van der Waals surface area contributed by atoms with Gasteiger partial charge in [-0.25, -0.2) is 0 Å². The summed E-state index contributed by atoms with van der Waals surface area (Å²) in [6.45, 7) is 10.8. The SMILES string of the molecule is CC(C)(C)NC(=O)C1C[C@@]2(C)[C@@H](CC[C@H]3[C@@H]4CCC[C@@]4(C)CC[C@@H]32)NC1=O. The molecule has 7 atom stereocenters. The summed E-state index contributed by atoms with van der Waals surface area (Å²) in [5.74, 6) is 1.60. The van der Waals surface area contributed by atoms with Crippen LogP contribution in [0, 0.1) is 34.5 Å². The van der Waals surface area contributed by atoms with E-state index >= 15 is 0 Å². The lowest BCUT2D eigenvalue weighted by atomic mass is 9.47. The van der Waals surface area contributed by atoms with Crippen molar-refractivity contribution in [3.05, 3.63) is 0 Å². The molecule has 1 unspecified atom stereocenters. The Balaban J connectivity index is 1.58. The zero-order chi connectivity index (χ0) is 19.6. The second-order valence-electron chi connectivity index (χ2n) is 11.6. The first-order valence-corrected chi connectivity index (χ1v) is 11.2. The van der Waals surface area contributed by atoms with Crippen LogP contribution in [0.4, 0.5) is 0 Å². The first-order valence-electron chi connectivity index (χ1n) is 11.2. The smallest absolute Gasteiger partial charge is 0.232 e. The molecule has 3 saturated carbocycles. The van der Waals surface area contributed by atoms with Crippen LogP contribution in [0.15, 0.2) is 0 Å². The lowest BCUT2D eigenvalue weighted by Gasteiger charge is -2.60. The molecule has 0 bridgehead atoms. The first-order chi connectivity index (χ1) is 12.5. The summed E-state index contributed by atoms with van der Waals surface area (Å²) < 4.78 is 0. The highest BCUT2D eigenvalue weighted by Crippen LogP contribution is 2.64. The van der Waals surface area contributed by atoms with E-state index in [1.807, 2.05) is 20.8 Å². The Bertz CT molecular complexity index is 639. The highest BCUT2D eigenvalue weighted by Gasteiger charge is 2.60. The number of fused-ring (bicyclic) bond motifs is 5. The fourth-order valence-electron chi connectivity index (χ4n) is 7.45. The van der Waals surface area contributed by atoms with Crippen LogP contribution in [-0.4, -0.2) is 23.4 Å². The molecule has 2 amide bonds. The van der Waals surface area contributed by atoms with Gasteiger partial charge in [-0.05, 0) is 94.3 Å². The second-order valence-corrected chi connectivity index (χ2v) is 11.6. The molecule has 0 spiro atoms. The van der Waals surface area contributed by atoms with Crippen molar-refractivity contribution in [2.24, 2.45) is 34.5 Å². The van der Waals surface area contributed by atoms with Gasteiger partial charge in [0.2, 0.25) is 11.8 Å². The van der Waals surface area contributed by atoms with E-state index < -0.39 is 5.92 Å². The van der Waals surface area contributed by atoms with Crippen LogP contribution in [0.3, 0.4) is 0 Å². The summed E-state index contributed by atoms with van der Waals surface area (Å²) >= 11 is 0. The number of carbonyl (C=O) groups is 2. The summed E-state index contributed by atoms with van der Waals surface area (Å²) in [6.07, 6.45) is 9.83. The summed E-state index contributed by atoms with van der Waals surface area (Å²) in [5.41, 5.74) is 0.298. The Labute approximate surface area is 164 Å². The fourth-order valence-corrected chi connectivity index (χ4v) is 7.45. The normalized spacial score (nSPS) is 46.7. The Morgan fingerprint density at radius 1 is 1.07 bits per heavy atom. The number of hydrogen-bond acceptors (Lipinski definition) is 2. The van der Waals surface area contributed by atoms with Crippen LogP contribution in [0.1, 0.15) is 86.0 Å². The lowest BCUT2D eigenvalue weighted by molar-refractivity contribution is -0.151. The number of amides is 2. The highest BCUT2D eigenvalue weighted by atomic mass is 16.2. The van der Waals surface area contributed by atoms with E-state index in [2.05, 4.69) is 24.5 Å². The average molecular weight is 375 g/mol. The zero-order valence-electron chi connectivity index (χ0n) is 17.9. The minimum Gasteiger partial charge on any atom is -0.352 e. The highest BCUT2D eigenvalue weighted by molar-refractivity contribution is 6.01. The molecule has 4 fully saturated rings. The van der Waals surface area contributed by atoms with Crippen LogP contribution >= 0.6 is 0 Å². The average Bonchev–Trinajstić information content (AvgIpc) is 2.95. The standard InChI is InChI=1S/C23H38N2O2/c1-21(2,3)25-20(27)15-13-23(5)17-10-12-22(4)11-6-7-16(22)14(17)8-9-18(23)24-19(15)26/h14-18H,6-13H2,1-5H3,(H,24,26)(H,25,27)/t14-,15?,16-,17-,18+,22-,23+/m0/s1. The molecule has 27 heavy (non-hydrogen) atoms. The van der Waals surface area contributed by atoms with Gasteiger partial charge in [0.25, 0.3) is 0 Å². The van der Waals surface area contributed by atoms with Crippen molar-refractivity contribution in [3.8, 4) is 0 Å². The molecule has 4 heteroatoms. The van der Waals surface area contributed by atoms with Gasteiger partial charge in [-0.15, -0.1) is 0 Å². The molecule has 1 aliphatic heterocycles. The third-order valence-corrected chi connectivity index (χ3v) is 8.74. The molecule has 4 aliphatic rings. The van der Waals surface area contributed by atoms with Crippen molar-refractivity contribution in [3.63, 3.8) is 0 Å². The molecule has 152 valence electrons. The minimum absolute atomic E-state index is 0.0562.